The van der Waals surface area contributed by atoms with Crippen LogP contribution in [-0.4, -0.2) is 65.7 Å². The molecular formula is C42H75O10P. The molecular weight excluding hydrogens is 695 g/mol. The topological polar surface area (TPSA) is 149 Å². The van der Waals surface area contributed by atoms with Gasteiger partial charge >= 0.3 is 19.8 Å². The lowest BCUT2D eigenvalue weighted by atomic mass is 10.0. The molecule has 0 rings (SSSR count). The van der Waals surface area contributed by atoms with Gasteiger partial charge in [0.05, 0.1) is 19.8 Å². The quantitative estimate of drug-likeness (QED) is 0.0239. The Morgan fingerprint density at radius 2 is 1.08 bits per heavy atom. The first-order valence-corrected chi connectivity index (χ1v) is 22.0. The zero-order valence-corrected chi connectivity index (χ0v) is 34.0. The molecule has 0 aromatic carbocycles. The molecule has 0 aliphatic rings. The van der Waals surface area contributed by atoms with Gasteiger partial charge in [-0.25, -0.2) is 4.57 Å². The number of esters is 2. The number of phosphoric acid groups is 1. The number of ether oxygens (including phenoxy) is 2. The number of carbonyl (C=O) groups is 2. The number of allylic oxidation sites excluding steroid dienone is 7. The van der Waals surface area contributed by atoms with Crippen molar-refractivity contribution in [1.82, 2.24) is 0 Å². The van der Waals surface area contributed by atoms with Gasteiger partial charge in [-0.15, -0.1) is 6.58 Å². The van der Waals surface area contributed by atoms with Crippen LogP contribution in [0.15, 0.2) is 49.1 Å². The van der Waals surface area contributed by atoms with Crippen LogP contribution in [0.4, 0.5) is 0 Å². The maximum Gasteiger partial charge on any atom is 0.472 e. The highest BCUT2D eigenvalue weighted by Gasteiger charge is 2.27. The Kier molecular flexibility index (Phi) is 36.7. The van der Waals surface area contributed by atoms with E-state index in [4.69, 9.17) is 19.1 Å². The maximum absolute atomic E-state index is 12.6. The fourth-order valence-corrected chi connectivity index (χ4v) is 6.18. The van der Waals surface area contributed by atoms with Gasteiger partial charge in [-0.05, 0) is 64.2 Å². The molecule has 10 nitrogen and oxygen atoms in total. The molecule has 3 N–H and O–H groups in total. The molecule has 0 saturated heterocycles. The standard InChI is InChI=1S/C42H75O10P/c1-3-5-7-9-11-13-15-17-19-21-23-25-27-29-31-33-41(45)49-37-40(38-51-53(47,48)50-36-39(44)35-43)52-42(46)34-32-30-28-26-24-22-20-18-16-14-12-10-8-6-4-2/h4,11,13,17,19,23,25,39-40,43-44H,2-3,5-10,12,14-16,18,20-22,24,26-38H2,1H3,(H,47,48)/b13-11+,19-17+,25-23+/t39-,40+/m0/s1. The third-order valence-electron chi connectivity index (χ3n) is 8.60. The Morgan fingerprint density at radius 1 is 0.623 bits per heavy atom. The SMILES string of the molecule is C=CCCCCCCCCCCCCCCCC(=O)O[C@H](COC(=O)CCCC/C=C/C/C=C/C/C=C/CCCCC)COP(=O)(O)OC[C@@H](O)CO. The van der Waals surface area contributed by atoms with E-state index in [2.05, 4.69) is 54.5 Å². The van der Waals surface area contributed by atoms with E-state index in [9.17, 15) is 24.2 Å². The average molecular weight is 771 g/mol. The Hall–Kier alpha value is -2.07. The number of aliphatic hydroxyl groups excluding tert-OH is 2. The van der Waals surface area contributed by atoms with Crippen LogP contribution >= 0.6 is 7.82 Å². The molecule has 0 fully saturated rings. The lowest BCUT2D eigenvalue weighted by molar-refractivity contribution is -0.161. The molecule has 0 aliphatic heterocycles. The summed E-state index contributed by atoms with van der Waals surface area (Å²) in [6.45, 7) is 3.82. The van der Waals surface area contributed by atoms with Gasteiger partial charge in [0.2, 0.25) is 0 Å². The molecule has 3 atom stereocenters. The molecule has 0 radical (unpaired) electrons. The number of aliphatic hydroxyl groups is 2. The first-order chi connectivity index (χ1) is 25.7. The number of hydrogen-bond acceptors (Lipinski definition) is 9. The zero-order chi connectivity index (χ0) is 39.1. The fourth-order valence-electron chi connectivity index (χ4n) is 5.39. The molecule has 11 heteroatoms. The second kappa shape index (κ2) is 38.2. The molecule has 0 aromatic heterocycles. The van der Waals surface area contributed by atoms with Crippen molar-refractivity contribution in [3.63, 3.8) is 0 Å². The highest BCUT2D eigenvalue weighted by atomic mass is 31.2. The highest BCUT2D eigenvalue weighted by molar-refractivity contribution is 7.47. The molecule has 0 spiro atoms. The summed E-state index contributed by atoms with van der Waals surface area (Å²) in [6.07, 6.45) is 38.3. The van der Waals surface area contributed by atoms with Gasteiger partial charge in [0.25, 0.3) is 0 Å². The molecule has 0 saturated carbocycles. The van der Waals surface area contributed by atoms with Crippen LogP contribution in [0, 0.1) is 0 Å². The van der Waals surface area contributed by atoms with Gasteiger partial charge in [-0.1, -0.05) is 133 Å². The van der Waals surface area contributed by atoms with Gasteiger partial charge in [-0.3, -0.25) is 18.6 Å². The summed E-state index contributed by atoms with van der Waals surface area (Å²) in [6, 6.07) is 0. The molecule has 0 amide bonds. The van der Waals surface area contributed by atoms with E-state index in [1.54, 1.807) is 0 Å². The van der Waals surface area contributed by atoms with Crippen molar-refractivity contribution in [3.8, 4) is 0 Å². The molecule has 308 valence electrons. The smallest absolute Gasteiger partial charge is 0.462 e. The van der Waals surface area contributed by atoms with E-state index in [1.165, 1.54) is 77.0 Å². The fraction of sp³-hybridized carbons (Fsp3) is 0.762. The minimum absolute atomic E-state index is 0.173. The summed E-state index contributed by atoms with van der Waals surface area (Å²) in [5.41, 5.74) is 0. The Balaban J connectivity index is 4.38. The normalized spacial score (nSPS) is 14.2. The second-order valence-corrected chi connectivity index (χ2v) is 15.2. The van der Waals surface area contributed by atoms with Crippen molar-refractivity contribution in [2.24, 2.45) is 0 Å². The minimum Gasteiger partial charge on any atom is -0.462 e. The van der Waals surface area contributed by atoms with Crippen molar-refractivity contribution in [2.45, 2.75) is 180 Å². The van der Waals surface area contributed by atoms with Gasteiger partial charge in [0, 0.05) is 12.8 Å². The van der Waals surface area contributed by atoms with Crippen LogP contribution in [0.25, 0.3) is 0 Å². The zero-order valence-electron chi connectivity index (χ0n) is 33.1. The minimum atomic E-state index is -4.62. The highest BCUT2D eigenvalue weighted by Crippen LogP contribution is 2.43. The van der Waals surface area contributed by atoms with Crippen LogP contribution in [0.5, 0.6) is 0 Å². The third kappa shape index (κ3) is 38.0. The molecule has 0 bridgehead atoms. The number of carbonyl (C=O) groups excluding carboxylic acids is 2. The van der Waals surface area contributed by atoms with Gasteiger partial charge in [0.1, 0.15) is 12.7 Å². The summed E-state index contributed by atoms with van der Waals surface area (Å²) in [5, 5.41) is 18.3. The summed E-state index contributed by atoms with van der Waals surface area (Å²) >= 11 is 0. The molecule has 1 unspecified atom stereocenters. The van der Waals surface area contributed by atoms with Crippen molar-refractivity contribution >= 4 is 19.8 Å². The average Bonchev–Trinajstić information content (AvgIpc) is 3.14. The Morgan fingerprint density at radius 3 is 1.62 bits per heavy atom. The van der Waals surface area contributed by atoms with Crippen LogP contribution in [0.1, 0.15) is 167 Å². The molecule has 0 aliphatic carbocycles. The Labute approximate surface area is 322 Å². The third-order valence-corrected chi connectivity index (χ3v) is 9.55. The summed E-state index contributed by atoms with van der Waals surface area (Å²) in [4.78, 5) is 34.9. The van der Waals surface area contributed by atoms with Crippen molar-refractivity contribution in [3.05, 3.63) is 49.1 Å². The number of rotatable bonds is 39. The van der Waals surface area contributed by atoms with Crippen LogP contribution in [0.3, 0.4) is 0 Å². The van der Waals surface area contributed by atoms with E-state index in [1.807, 2.05) is 6.08 Å². The molecule has 0 heterocycles. The second-order valence-electron chi connectivity index (χ2n) is 13.7. The van der Waals surface area contributed by atoms with E-state index < -0.39 is 51.8 Å². The monoisotopic (exact) mass is 771 g/mol. The largest absolute Gasteiger partial charge is 0.472 e. The summed E-state index contributed by atoms with van der Waals surface area (Å²) < 4.78 is 32.6. The van der Waals surface area contributed by atoms with Gasteiger partial charge in [-0.2, -0.15) is 0 Å². The molecule has 0 aromatic rings. The first-order valence-electron chi connectivity index (χ1n) is 20.6. The number of unbranched alkanes of at least 4 members (excludes halogenated alkanes) is 18. The van der Waals surface area contributed by atoms with Crippen molar-refractivity contribution in [1.29, 1.82) is 0 Å². The lowest BCUT2D eigenvalue weighted by Crippen LogP contribution is -2.29. The summed E-state index contributed by atoms with van der Waals surface area (Å²) in [5.74, 6) is -0.974. The first kappa shape index (κ1) is 50.9. The predicted molar refractivity (Wildman–Crippen MR) is 214 cm³/mol. The van der Waals surface area contributed by atoms with Crippen LogP contribution in [-0.2, 0) is 32.7 Å². The van der Waals surface area contributed by atoms with E-state index in [0.717, 1.165) is 57.8 Å². The van der Waals surface area contributed by atoms with Crippen molar-refractivity contribution in [2.75, 3.05) is 26.4 Å². The number of hydrogen-bond donors (Lipinski definition) is 3. The van der Waals surface area contributed by atoms with Crippen LogP contribution < -0.4 is 0 Å². The number of phosphoric ester groups is 1. The van der Waals surface area contributed by atoms with E-state index in [-0.39, 0.29) is 19.4 Å². The maximum atomic E-state index is 12.6. The van der Waals surface area contributed by atoms with Crippen LogP contribution in [0.2, 0.25) is 0 Å². The van der Waals surface area contributed by atoms with Gasteiger partial charge in [0.15, 0.2) is 6.10 Å². The van der Waals surface area contributed by atoms with Crippen molar-refractivity contribution < 1.29 is 47.8 Å². The predicted octanol–water partition coefficient (Wildman–Crippen LogP) is 10.6. The molecule has 53 heavy (non-hydrogen) atoms. The Bertz CT molecular complexity index is 1010. The lowest BCUT2D eigenvalue weighted by Gasteiger charge is -2.20. The summed E-state index contributed by atoms with van der Waals surface area (Å²) in [7, 11) is -4.62. The van der Waals surface area contributed by atoms with E-state index >= 15 is 0 Å². The van der Waals surface area contributed by atoms with Gasteiger partial charge < -0.3 is 24.6 Å². The van der Waals surface area contributed by atoms with E-state index in [0.29, 0.717) is 12.8 Å².